The Bertz CT molecular complexity index is 836. The van der Waals surface area contributed by atoms with E-state index >= 15 is 0 Å². The van der Waals surface area contributed by atoms with Crippen molar-refractivity contribution in [3.05, 3.63) is 35.4 Å². The molecule has 2 unspecified atom stereocenters. The van der Waals surface area contributed by atoms with Crippen molar-refractivity contribution in [2.45, 2.75) is 83.8 Å². The fourth-order valence-electron chi connectivity index (χ4n) is 5.32. The van der Waals surface area contributed by atoms with E-state index in [1.54, 1.807) is 20.8 Å². The Morgan fingerprint density at radius 2 is 1.52 bits per heavy atom. The summed E-state index contributed by atoms with van der Waals surface area (Å²) in [5.41, 5.74) is 2.48. The van der Waals surface area contributed by atoms with Crippen molar-refractivity contribution >= 4 is 15.7 Å². The lowest BCUT2D eigenvalue weighted by atomic mass is 9.74. The molecule has 2 aliphatic rings. The summed E-state index contributed by atoms with van der Waals surface area (Å²) in [6.45, 7) is 11.3. The Kier molecular flexibility index (Phi) is 7.55. The number of amides is 1. The SMILES string of the molecule is CC1CC(C)CC(c2ccc(CC(=O)N3CCC(CS(=O)(=O)C(C)(C)C)CC3)cc2)C1. The van der Waals surface area contributed by atoms with Crippen LogP contribution < -0.4 is 0 Å². The third-order valence-corrected chi connectivity index (χ3v) is 10.1. The van der Waals surface area contributed by atoms with Crippen molar-refractivity contribution in [3.63, 3.8) is 0 Å². The zero-order chi connectivity index (χ0) is 22.8. The molecule has 5 heteroatoms. The maximum absolute atomic E-state index is 12.8. The highest BCUT2D eigenvalue weighted by Gasteiger charge is 2.33. The number of likely N-dealkylation sites (tertiary alicyclic amines) is 1. The molecule has 3 rings (SSSR count). The van der Waals surface area contributed by atoms with Gasteiger partial charge in [-0.2, -0.15) is 0 Å². The van der Waals surface area contributed by atoms with Gasteiger partial charge in [-0.15, -0.1) is 0 Å². The van der Waals surface area contributed by atoms with E-state index in [0.717, 1.165) is 30.2 Å². The van der Waals surface area contributed by atoms with Gasteiger partial charge in [0.15, 0.2) is 9.84 Å². The van der Waals surface area contributed by atoms with Crippen LogP contribution in [0.2, 0.25) is 0 Å². The summed E-state index contributed by atoms with van der Waals surface area (Å²) in [7, 11) is -3.11. The molecule has 1 aliphatic heterocycles. The number of piperidine rings is 1. The minimum atomic E-state index is -3.11. The van der Waals surface area contributed by atoms with Crippen molar-refractivity contribution in [2.75, 3.05) is 18.8 Å². The summed E-state index contributed by atoms with van der Waals surface area (Å²) in [6.07, 6.45) is 5.85. The van der Waals surface area contributed by atoms with Crippen LogP contribution in [0.4, 0.5) is 0 Å². The van der Waals surface area contributed by atoms with E-state index in [2.05, 4.69) is 38.1 Å². The van der Waals surface area contributed by atoms with Gasteiger partial charge in [-0.05, 0) is 87.7 Å². The number of rotatable bonds is 5. The lowest BCUT2D eigenvalue weighted by Gasteiger charge is -2.33. The van der Waals surface area contributed by atoms with Crippen LogP contribution >= 0.6 is 0 Å². The van der Waals surface area contributed by atoms with Crippen molar-refractivity contribution in [3.8, 4) is 0 Å². The van der Waals surface area contributed by atoms with Gasteiger partial charge < -0.3 is 4.90 Å². The van der Waals surface area contributed by atoms with Crippen molar-refractivity contribution in [2.24, 2.45) is 17.8 Å². The highest BCUT2D eigenvalue weighted by molar-refractivity contribution is 7.92. The highest BCUT2D eigenvalue weighted by Crippen LogP contribution is 2.39. The predicted molar refractivity (Wildman–Crippen MR) is 128 cm³/mol. The molecule has 1 aliphatic carbocycles. The standard InChI is InChI=1S/C26H41NO3S/c1-19-14-20(2)16-24(15-19)23-8-6-21(7-9-23)17-25(28)27-12-10-22(11-13-27)18-31(29,30)26(3,4)5/h6-9,19-20,22,24H,10-18H2,1-5H3. The van der Waals surface area contributed by atoms with E-state index in [9.17, 15) is 13.2 Å². The number of benzene rings is 1. The Hall–Kier alpha value is -1.36. The second-order valence-corrected chi connectivity index (χ2v) is 14.0. The first-order valence-electron chi connectivity index (χ1n) is 12.0. The summed E-state index contributed by atoms with van der Waals surface area (Å²) in [5.74, 6) is 2.77. The van der Waals surface area contributed by atoms with Crippen LogP contribution in [0.15, 0.2) is 24.3 Å². The van der Waals surface area contributed by atoms with Crippen LogP contribution in [0.25, 0.3) is 0 Å². The van der Waals surface area contributed by atoms with E-state index in [1.165, 1.54) is 24.8 Å². The summed E-state index contributed by atoms with van der Waals surface area (Å²) in [4.78, 5) is 14.7. The van der Waals surface area contributed by atoms with E-state index in [4.69, 9.17) is 0 Å². The molecule has 1 heterocycles. The highest BCUT2D eigenvalue weighted by atomic mass is 32.2. The molecular formula is C26H41NO3S. The van der Waals surface area contributed by atoms with E-state index < -0.39 is 14.6 Å². The van der Waals surface area contributed by atoms with Gasteiger partial charge in [-0.3, -0.25) is 4.79 Å². The number of carbonyl (C=O) groups excluding carboxylic acids is 1. The van der Waals surface area contributed by atoms with Gasteiger partial charge in [-0.1, -0.05) is 38.1 Å². The van der Waals surface area contributed by atoms with Crippen LogP contribution in [0.5, 0.6) is 0 Å². The second-order valence-electron chi connectivity index (χ2n) is 11.3. The van der Waals surface area contributed by atoms with Gasteiger partial charge in [0.25, 0.3) is 0 Å². The summed E-state index contributed by atoms with van der Waals surface area (Å²) in [6, 6.07) is 8.70. The third kappa shape index (κ3) is 6.34. The molecule has 2 atom stereocenters. The molecule has 4 nitrogen and oxygen atoms in total. The Morgan fingerprint density at radius 3 is 2.03 bits per heavy atom. The maximum Gasteiger partial charge on any atom is 0.226 e. The first kappa shape index (κ1) is 24.3. The van der Waals surface area contributed by atoms with Crippen LogP contribution in [0.3, 0.4) is 0 Å². The maximum atomic E-state index is 12.8. The predicted octanol–water partition coefficient (Wildman–Crippen LogP) is 5.22. The molecule has 1 saturated heterocycles. The summed E-state index contributed by atoms with van der Waals surface area (Å²) >= 11 is 0. The van der Waals surface area contributed by atoms with Gasteiger partial charge in [0.1, 0.15) is 0 Å². The van der Waals surface area contributed by atoms with Crippen molar-refractivity contribution in [1.29, 1.82) is 0 Å². The van der Waals surface area contributed by atoms with Gasteiger partial charge in [0.2, 0.25) is 5.91 Å². The fourth-order valence-corrected chi connectivity index (χ4v) is 6.78. The smallest absolute Gasteiger partial charge is 0.226 e. The van der Waals surface area contributed by atoms with Gasteiger partial charge in [-0.25, -0.2) is 8.42 Å². The normalized spacial score (nSPS) is 26.1. The minimum absolute atomic E-state index is 0.157. The summed E-state index contributed by atoms with van der Waals surface area (Å²) in [5, 5.41) is 0. The number of nitrogens with zero attached hydrogens (tertiary/aromatic N) is 1. The fraction of sp³-hybridized carbons (Fsp3) is 0.731. The monoisotopic (exact) mass is 447 g/mol. The van der Waals surface area contributed by atoms with Crippen molar-refractivity contribution < 1.29 is 13.2 Å². The quantitative estimate of drug-likeness (QED) is 0.622. The average Bonchev–Trinajstić information content (AvgIpc) is 2.67. The topological polar surface area (TPSA) is 54.5 Å². The zero-order valence-electron chi connectivity index (χ0n) is 20.1. The van der Waals surface area contributed by atoms with Crippen LogP contribution in [0.1, 0.15) is 83.8 Å². The lowest BCUT2D eigenvalue weighted by molar-refractivity contribution is -0.131. The molecule has 0 radical (unpaired) electrons. The molecule has 2 fully saturated rings. The molecule has 1 amide bonds. The van der Waals surface area contributed by atoms with Gasteiger partial charge >= 0.3 is 0 Å². The minimum Gasteiger partial charge on any atom is -0.342 e. The van der Waals surface area contributed by atoms with Crippen LogP contribution in [-0.4, -0.2) is 42.8 Å². The van der Waals surface area contributed by atoms with Crippen molar-refractivity contribution in [1.82, 2.24) is 4.90 Å². The first-order valence-corrected chi connectivity index (χ1v) is 13.7. The lowest BCUT2D eigenvalue weighted by Crippen LogP contribution is -2.42. The van der Waals surface area contributed by atoms with Gasteiger partial charge in [0, 0.05) is 13.1 Å². The molecule has 0 N–H and O–H groups in total. The molecule has 0 bridgehead atoms. The second kappa shape index (κ2) is 9.64. The molecule has 174 valence electrons. The number of hydrogen-bond donors (Lipinski definition) is 0. The van der Waals surface area contributed by atoms with E-state index in [0.29, 0.717) is 25.4 Å². The molecule has 1 saturated carbocycles. The molecule has 1 aromatic rings. The van der Waals surface area contributed by atoms with E-state index in [1.807, 2.05) is 4.90 Å². The molecular weight excluding hydrogens is 406 g/mol. The number of hydrogen-bond acceptors (Lipinski definition) is 3. The van der Waals surface area contributed by atoms with Crippen LogP contribution in [-0.2, 0) is 21.1 Å². The Morgan fingerprint density at radius 1 is 0.968 bits per heavy atom. The largest absolute Gasteiger partial charge is 0.342 e. The Balaban J connectivity index is 1.50. The molecule has 1 aromatic carbocycles. The summed E-state index contributed by atoms with van der Waals surface area (Å²) < 4.78 is 24.2. The Labute approximate surface area is 189 Å². The molecule has 0 aromatic heterocycles. The van der Waals surface area contributed by atoms with E-state index in [-0.39, 0.29) is 17.6 Å². The number of sulfone groups is 1. The third-order valence-electron chi connectivity index (χ3n) is 7.34. The average molecular weight is 448 g/mol. The molecule has 0 spiro atoms. The number of carbonyl (C=O) groups is 1. The van der Waals surface area contributed by atoms with Crippen LogP contribution in [0, 0.1) is 17.8 Å². The zero-order valence-corrected chi connectivity index (χ0v) is 20.9. The van der Waals surface area contributed by atoms with Gasteiger partial charge in [0.05, 0.1) is 16.9 Å². The first-order chi connectivity index (χ1) is 14.4. The molecule has 31 heavy (non-hydrogen) atoms.